The predicted octanol–water partition coefficient (Wildman–Crippen LogP) is 3.30. The molecule has 0 aliphatic carbocycles. The van der Waals surface area contributed by atoms with Gasteiger partial charge in [-0.2, -0.15) is 0 Å². The summed E-state index contributed by atoms with van der Waals surface area (Å²) in [5.74, 6) is 0.313. The summed E-state index contributed by atoms with van der Waals surface area (Å²) in [5.41, 5.74) is 5.14. The van der Waals surface area contributed by atoms with E-state index in [1.54, 1.807) is 12.1 Å². The van der Waals surface area contributed by atoms with Gasteiger partial charge in [0.1, 0.15) is 5.75 Å². The number of phenolic OH excluding ortho intramolecular Hbond substituents is 1. The van der Waals surface area contributed by atoms with Crippen LogP contribution in [0.1, 0.15) is 22.3 Å². The molecular weight excluding hydrogens is 222 g/mol. The molecule has 0 fully saturated rings. The summed E-state index contributed by atoms with van der Waals surface area (Å²) in [7, 11) is 0. The molecule has 0 bridgehead atoms. The van der Waals surface area contributed by atoms with Crippen LogP contribution in [0.15, 0.2) is 42.5 Å². The Morgan fingerprint density at radius 3 is 2.33 bits per heavy atom. The van der Waals surface area contributed by atoms with Crippen LogP contribution in [-0.2, 0) is 13.1 Å². The lowest BCUT2D eigenvalue weighted by Crippen LogP contribution is -2.13. The largest absolute Gasteiger partial charge is 0.508 e. The van der Waals surface area contributed by atoms with Crippen molar-refractivity contribution in [1.29, 1.82) is 0 Å². The van der Waals surface area contributed by atoms with Crippen molar-refractivity contribution in [3.63, 3.8) is 0 Å². The van der Waals surface area contributed by atoms with Gasteiger partial charge in [0.15, 0.2) is 0 Å². The van der Waals surface area contributed by atoms with Crippen LogP contribution in [0, 0.1) is 13.8 Å². The van der Waals surface area contributed by atoms with Crippen molar-refractivity contribution < 1.29 is 5.11 Å². The maximum atomic E-state index is 9.20. The minimum Gasteiger partial charge on any atom is -0.508 e. The van der Waals surface area contributed by atoms with E-state index in [-0.39, 0.29) is 0 Å². The number of hydrogen-bond donors (Lipinski definition) is 2. The fourth-order valence-corrected chi connectivity index (χ4v) is 2.00. The summed E-state index contributed by atoms with van der Waals surface area (Å²) in [6.07, 6.45) is 0. The molecular formula is C16H19NO. The van der Waals surface area contributed by atoms with Gasteiger partial charge in [0, 0.05) is 13.1 Å². The second kappa shape index (κ2) is 5.69. The molecule has 2 aromatic rings. The molecule has 0 radical (unpaired) electrons. The normalized spacial score (nSPS) is 10.6. The van der Waals surface area contributed by atoms with E-state index >= 15 is 0 Å². The van der Waals surface area contributed by atoms with Gasteiger partial charge in [0.25, 0.3) is 0 Å². The van der Waals surface area contributed by atoms with Crippen LogP contribution in [0.25, 0.3) is 0 Å². The Hall–Kier alpha value is -1.80. The Balaban J connectivity index is 1.90. The van der Waals surface area contributed by atoms with Crippen LogP contribution >= 0.6 is 0 Å². The number of benzene rings is 2. The maximum Gasteiger partial charge on any atom is 0.115 e. The molecule has 2 rings (SSSR count). The van der Waals surface area contributed by atoms with Gasteiger partial charge in [-0.25, -0.2) is 0 Å². The van der Waals surface area contributed by atoms with E-state index in [0.29, 0.717) is 5.75 Å². The van der Waals surface area contributed by atoms with Crippen molar-refractivity contribution >= 4 is 0 Å². The van der Waals surface area contributed by atoms with E-state index in [1.807, 2.05) is 12.1 Å². The van der Waals surface area contributed by atoms with Crippen molar-refractivity contribution in [3.8, 4) is 5.75 Å². The third-order valence-corrected chi connectivity index (χ3v) is 3.08. The van der Waals surface area contributed by atoms with Gasteiger partial charge in [-0.05, 0) is 42.7 Å². The van der Waals surface area contributed by atoms with Gasteiger partial charge < -0.3 is 10.4 Å². The Bertz CT molecular complexity index is 517. The van der Waals surface area contributed by atoms with Gasteiger partial charge >= 0.3 is 0 Å². The van der Waals surface area contributed by atoms with E-state index in [1.165, 1.54) is 22.3 Å². The standard InChI is InChI=1S/C16H19NO/c1-12-3-6-15(13(2)9-12)11-17-10-14-4-7-16(18)8-5-14/h3-9,17-18H,10-11H2,1-2H3. The lowest BCUT2D eigenvalue weighted by Gasteiger charge is -2.09. The van der Waals surface area contributed by atoms with Gasteiger partial charge in [-0.15, -0.1) is 0 Å². The minimum atomic E-state index is 0.313. The van der Waals surface area contributed by atoms with E-state index < -0.39 is 0 Å². The zero-order valence-corrected chi connectivity index (χ0v) is 10.9. The van der Waals surface area contributed by atoms with Crippen LogP contribution < -0.4 is 5.32 Å². The lowest BCUT2D eigenvalue weighted by atomic mass is 10.1. The molecule has 0 saturated heterocycles. The highest BCUT2D eigenvalue weighted by molar-refractivity contribution is 5.30. The molecule has 0 amide bonds. The highest BCUT2D eigenvalue weighted by Gasteiger charge is 1.98. The van der Waals surface area contributed by atoms with Crippen LogP contribution in [0.5, 0.6) is 5.75 Å². The molecule has 0 unspecified atom stereocenters. The Labute approximate surface area is 108 Å². The third kappa shape index (κ3) is 3.34. The van der Waals surface area contributed by atoms with E-state index in [9.17, 15) is 5.11 Å². The lowest BCUT2D eigenvalue weighted by molar-refractivity contribution is 0.475. The molecule has 0 aliphatic rings. The molecule has 2 heteroatoms. The van der Waals surface area contributed by atoms with E-state index in [0.717, 1.165) is 13.1 Å². The van der Waals surface area contributed by atoms with Gasteiger partial charge in [-0.3, -0.25) is 0 Å². The molecule has 0 aromatic heterocycles. The molecule has 18 heavy (non-hydrogen) atoms. The van der Waals surface area contributed by atoms with Crippen molar-refractivity contribution in [2.24, 2.45) is 0 Å². The van der Waals surface area contributed by atoms with Crippen LogP contribution in [0.2, 0.25) is 0 Å². The van der Waals surface area contributed by atoms with Crippen LogP contribution in [0.4, 0.5) is 0 Å². The molecule has 0 saturated carbocycles. The molecule has 0 heterocycles. The molecule has 0 aliphatic heterocycles. The first-order valence-electron chi connectivity index (χ1n) is 6.20. The number of hydrogen-bond acceptors (Lipinski definition) is 2. The first kappa shape index (κ1) is 12.7. The summed E-state index contributed by atoms with van der Waals surface area (Å²) < 4.78 is 0. The maximum absolute atomic E-state index is 9.20. The molecule has 2 aromatic carbocycles. The molecule has 0 atom stereocenters. The minimum absolute atomic E-state index is 0.313. The summed E-state index contributed by atoms with van der Waals surface area (Å²) in [6.45, 7) is 5.94. The highest BCUT2D eigenvalue weighted by Crippen LogP contribution is 2.12. The number of phenols is 1. The van der Waals surface area contributed by atoms with Crippen molar-refractivity contribution in [2.75, 3.05) is 0 Å². The molecule has 0 spiro atoms. The van der Waals surface area contributed by atoms with Crippen LogP contribution in [-0.4, -0.2) is 5.11 Å². The molecule has 2 N–H and O–H groups in total. The van der Waals surface area contributed by atoms with Crippen molar-refractivity contribution in [3.05, 3.63) is 64.7 Å². The number of aryl methyl sites for hydroxylation is 2. The summed E-state index contributed by atoms with van der Waals surface area (Å²) >= 11 is 0. The third-order valence-electron chi connectivity index (χ3n) is 3.08. The second-order valence-electron chi connectivity index (χ2n) is 4.70. The monoisotopic (exact) mass is 241 g/mol. The fourth-order valence-electron chi connectivity index (χ4n) is 2.00. The number of aromatic hydroxyl groups is 1. The molecule has 2 nitrogen and oxygen atoms in total. The summed E-state index contributed by atoms with van der Waals surface area (Å²) in [4.78, 5) is 0. The first-order valence-corrected chi connectivity index (χ1v) is 6.20. The Morgan fingerprint density at radius 2 is 1.67 bits per heavy atom. The van der Waals surface area contributed by atoms with Gasteiger partial charge in [-0.1, -0.05) is 35.9 Å². The average Bonchev–Trinajstić information content (AvgIpc) is 2.34. The quantitative estimate of drug-likeness (QED) is 0.860. The Morgan fingerprint density at radius 1 is 0.944 bits per heavy atom. The SMILES string of the molecule is Cc1ccc(CNCc2ccc(O)cc2)c(C)c1. The topological polar surface area (TPSA) is 32.3 Å². The smallest absolute Gasteiger partial charge is 0.115 e. The van der Waals surface area contributed by atoms with Gasteiger partial charge in [0.05, 0.1) is 0 Å². The van der Waals surface area contributed by atoms with Crippen molar-refractivity contribution in [1.82, 2.24) is 5.32 Å². The zero-order valence-electron chi connectivity index (χ0n) is 10.9. The Kier molecular flexibility index (Phi) is 4.00. The summed E-state index contributed by atoms with van der Waals surface area (Å²) in [5, 5.41) is 12.6. The van der Waals surface area contributed by atoms with E-state index in [4.69, 9.17) is 0 Å². The summed E-state index contributed by atoms with van der Waals surface area (Å²) in [6, 6.07) is 13.8. The average molecular weight is 241 g/mol. The molecule has 94 valence electrons. The number of nitrogens with one attached hydrogen (secondary N) is 1. The van der Waals surface area contributed by atoms with E-state index in [2.05, 4.69) is 37.4 Å². The second-order valence-corrected chi connectivity index (χ2v) is 4.70. The predicted molar refractivity (Wildman–Crippen MR) is 74.6 cm³/mol. The zero-order chi connectivity index (χ0) is 13.0. The fraction of sp³-hybridized carbons (Fsp3) is 0.250. The highest BCUT2D eigenvalue weighted by atomic mass is 16.3. The first-order chi connectivity index (χ1) is 8.65. The van der Waals surface area contributed by atoms with Gasteiger partial charge in [0.2, 0.25) is 0 Å². The number of rotatable bonds is 4. The van der Waals surface area contributed by atoms with Crippen molar-refractivity contribution in [2.45, 2.75) is 26.9 Å². The van der Waals surface area contributed by atoms with Crippen LogP contribution in [0.3, 0.4) is 0 Å².